The van der Waals surface area contributed by atoms with Gasteiger partial charge in [-0.15, -0.1) is 0 Å². The Bertz CT molecular complexity index is 935. The number of furan rings is 1. The first-order valence-electron chi connectivity index (χ1n) is 8.20. The van der Waals surface area contributed by atoms with Gasteiger partial charge in [0.2, 0.25) is 15.9 Å². The molecule has 0 atom stereocenters. The Labute approximate surface area is 175 Å². The maximum Gasteiger partial charge on any atom is 0.416 e. The second-order valence-corrected chi connectivity index (χ2v) is 9.33. The van der Waals surface area contributed by atoms with Crippen molar-refractivity contribution < 1.29 is 30.8 Å². The zero-order valence-corrected chi connectivity index (χ0v) is 17.6. The third-order valence-electron chi connectivity index (χ3n) is 3.62. The lowest BCUT2D eigenvalue weighted by atomic mass is 10.2. The molecule has 12 heteroatoms. The highest BCUT2D eigenvalue weighted by molar-refractivity contribution is 7.98. The second kappa shape index (κ2) is 9.77. The molecule has 0 spiro atoms. The molecule has 29 heavy (non-hydrogen) atoms. The van der Waals surface area contributed by atoms with E-state index >= 15 is 0 Å². The third kappa shape index (κ3) is 7.16. The lowest BCUT2D eigenvalue weighted by molar-refractivity contribution is -0.137. The van der Waals surface area contributed by atoms with Crippen LogP contribution in [0.1, 0.15) is 11.3 Å². The first-order chi connectivity index (χ1) is 13.5. The number of anilines is 1. The van der Waals surface area contributed by atoms with Crippen molar-refractivity contribution in [2.24, 2.45) is 0 Å². The molecule has 0 bridgehead atoms. The molecule has 160 valence electrons. The quantitative estimate of drug-likeness (QED) is 0.564. The number of carbonyl (C=O) groups is 1. The van der Waals surface area contributed by atoms with E-state index in [1.165, 1.54) is 11.8 Å². The highest BCUT2D eigenvalue weighted by Gasteiger charge is 2.33. The summed E-state index contributed by atoms with van der Waals surface area (Å²) >= 11 is 7.40. The van der Waals surface area contributed by atoms with Crippen molar-refractivity contribution in [1.29, 1.82) is 0 Å². The standard InChI is InChI=1S/C17H18ClF3N2O4S2/c1-29(25,26)23(15-9-12(17(19,20)21)4-5-14(15)18)10-16(24)22-6-8-28-11-13-3-2-7-27-13/h2-5,7,9H,6,8,10-11H2,1H3,(H,22,24). The number of thioether (sulfide) groups is 1. The van der Waals surface area contributed by atoms with Gasteiger partial charge in [-0.05, 0) is 30.3 Å². The van der Waals surface area contributed by atoms with Crippen LogP contribution in [0.25, 0.3) is 0 Å². The van der Waals surface area contributed by atoms with E-state index < -0.39 is 39.9 Å². The van der Waals surface area contributed by atoms with Gasteiger partial charge in [-0.25, -0.2) is 8.42 Å². The van der Waals surface area contributed by atoms with Crippen LogP contribution in [0.15, 0.2) is 41.0 Å². The second-order valence-electron chi connectivity index (χ2n) is 5.92. The Balaban J connectivity index is 2.01. The number of hydrogen-bond donors (Lipinski definition) is 1. The maximum absolute atomic E-state index is 13.0. The van der Waals surface area contributed by atoms with Crippen molar-refractivity contribution in [2.45, 2.75) is 11.9 Å². The minimum atomic E-state index is -4.68. The van der Waals surface area contributed by atoms with E-state index in [4.69, 9.17) is 16.0 Å². The van der Waals surface area contributed by atoms with Crippen LogP contribution in [0.5, 0.6) is 0 Å². The minimum Gasteiger partial charge on any atom is -0.468 e. The number of halogens is 4. The van der Waals surface area contributed by atoms with E-state index in [-0.39, 0.29) is 11.6 Å². The van der Waals surface area contributed by atoms with E-state index in [9.17, 15) is 26.4 Å². The number of rotatable bonds is 9. The average Bonchev–Trinajstić information content (AvgIpc) is 3.11. The molecule has 1 heterocycles. The Kier molecular flexibility index (Phi) is 7.89. The fraction of sp³-hybridized carbons (Fsp3) is 0.353. The van der Waals surface area contributed by atoms with Gasteiger partial charge < -0.3 is 9.73 Å². The van der Waals surface area contributed by atoms with Crippen LogP contribution >= 0.6 is 23.4 Å². The molecule has 1 N–H and O–H groups in total. The van der Waals surface area contributed by atoms with Gasteiger partial charge in [-0.3, -0.25) is 9.10 Å². The molecule has 2 aromatic rings. The Morgan fingerprint density at radius 2 is 2.03 bits per heavy atom. The Morgan fingerprint density at radius 3 is 2.62 bits per heavy atom. The molecule has 0 unspecified atom stereocenters. The summed E-state index contributed by atoms with van der Waals surface area (Å²) < 4.78 is 68.8. The van der Waals surface area contributed by atoms with Crippen molar-refractivity contribution in [3.63, 3.8) is 0 Å². The van der Waals surface area contributed by atoms with E-state index in [0.717, 1.165) is 24.1 Å². The molecule has 6 nitrogen and oxygen atoms in total. The molecular weight excluding hydrogens is 453 g/mol. The van der Waals surface area contributed by atoms with Crippen molar-refractivity contribution in [1.82, 2.24) is 5.32 Å². The van der Waals surface area contributed by atoms with E-state index in [0.29, 0.717) is 21.9 Å². The minimum absolute atomic E-state index is 0.217. The Morgan fingerprint density at radius 1 is 1.31 bits per heavy atom. The summed E-state index contributed by atoms with van der Waals surface area (Å²) in [6, 6.07) is 5.87. The van der Waals surface area contributed by atoms with Gasteiger partial charge in [0.05, 0.1) is 34.5 Å². The van der Waals surface area contributed by atoms with Crippen LogP contribution in [-0.4, -0.2) is 39.4 Å². The normalized spacial score (nSPS) is 12.0. The number of nitrogens with one attached hydrogen (secondary N) is 1. The predicted molar refractivity (Wildman–Crippen MR) is 107 cm³/mol. The van der Waals surface area contributed by atoms with Crippen molar-refractivity contribution in [3.8, 4) is 0 Å². The third-order valence-corrected chi connectivity index (χ3v) is 6.05. The topological polar surface area (TPSA) is 79.6 Å². The molecule has 1 aromatic carbocycles. The van der Waals surface area contributed by atoms with Gasteiger partial charge in [-0.2, -0.15) is 24.9 Å². The summed E-state index contributed by atoms with van der Waals surface area (Å²) in [6.07, 6.45) is -2.34. The van der Waals surface area contributed by atoms with Gasteiger partial charge in [0.1, 0.15) is 12.3 Å². The van der Waals surface area contributed by atoms with E-state index in [1.54, 1.807) is 12.3 Å². The molecule has 0 saturated carbocycles. The van der Waals surface area contributed by atoms with Crippen molar-refractivity contribution in [3.05, 3.63) is 52.9 Å². The van der Waals surface area contributed by atoms with E-state index in [1.807, 2.05) is 6.07 Å². The molecule has 0 fully saturated rings. The summed E-state index contributed by atoms with van der Waals surface area (Å²) in [5.74, 6) is 1.26. The van der Waals surface area contributed by atoms with Crippen LogP contribution in [-0.2, 0) is 26.7 Å². The van der Waals surface area contributed by atoms with Crippen LogP contribution in [0.2, 0.25) is 5.02 Å². The zero-order chi connectivity index (χ0) is 21.7. The van der Waals surface area contributed by atoms with Crippen molar-refractivity contribution in [2.75, 3.05) is 29.4 Å². The van der Waals surface area contributed by atoms with Crippen molar-refractivity contribution >= 4 is 45.0 Å². The number of amides is 1. The van der Waals surface area contributed by atoms with Gasteiger partial charge in [-0.1, -0.05) is 11.6 Å². The largest absolute Gasteiger partial charge is 0.468 e. The monoisotopic (exact) mass is 470 g/mol. The molecule has 0 aliphatic carbocycles. The van der Waals surface area contributed by atoms with Crippen LogP contribution in [0, 0.1) is 0 Å². The highest BCUT2D eigenvalue weighted by Crippen LogP contribution is 2.36. The average molecular weight is 471 g/mol. The number of carbonyl (C=O) groups excluding carboxylic acids is 1. The first kappa shape index (κ1) is 23.4. The zero-order valence-electron chi connectivity index (χ0n) is 15.2. The number of alkyl halides is 3. The number of sulfonamides is 1. The van der Waals surface area contributed by atoms with Gasteiger partial charge in [0.25, 0.3) is 0 Å². The molecule has 0 radical (unpaired) electrons. The number of hydrogen-bond acceptors (Lipinski definition) is 5. The molecule has 0 saturated heterocycles. The SMILES string of the molecule is CS(=O)(=O)N(CC(=O)NCCSCc1ccco1)c1cc(C(F)(F)F)ccc1Cl. The Hall–Kier alpha value is -1.85. The molecule has 0 aliphatic rings. The summed E-state index contributed by atoms with van der Waals surface area (Å²) in [5, 5.41) is 2.32. The van der Waals surface area contributed by atoms with Crippen LogP contribution in [0.3, 0.4) is 0 Å². The van der Waals surface area contributed by atoms with E-state index in [2.05, 4.69) is 5.32 Å². The highest BCUT2D eigenvalue weighted by atomic mass is 35.5. The fourth-order valence-electron chi connectivity index (χ4n) is 2.28. The van der Waals surface area contributed by atoms with Crippen LogP contribution < -0.4 is 9.62 Å². The number of benzene rings is 1. The molecule has 2 rings (SSSR count). The fourth-order valence-corrected chi connectivity index (χ4v) is 4.16. The summed E-state index contributed by atoms with van der Waals surface area (Å²) in [7, 11) is -4.06. The molecule has 1 aromatic heterocycles. The maximum atomic E-state index is 13.0. The first-order valence-corrected chi connectivity index (χ1v) is 11.6. The summed E-state index contributed by atoms with van der Waals surface area (Å²) in [6.45, 7) is -0.444. The van der Waals surface area contributed by atoms with Crippen LogP contribution in [0.4, 0.5) is 18.9 Å². The van der Waals surface area contributed by atoms with Gasteiger partial charge in [0, 0.05) is 12.3 Å². The lowest BCUT2D eigenvalue weighted by Gasteiger charge is -2.24. The molecule has 1 amide bonds. The van der Waals surface area contributed by atoms with Gasteiger partial charge in [0.15, 0.2) is 0 Å². The number of nitrogens with zero attached hydrogens (tertiary/aromatic N) is 1. The lowest BCUT2D eigenvalue weighted by Crippen LogP contribution is -2.41. The molecular formula is C17H18ClF3N2O4S2. The van der Waals surface area contributed by atoms with Gasteiger partial charge >= 0.3 is 6.18 Å². The molecule has 0 aliphatic heterocycles. The smallest absolute Gasteiger partial charge is 0.416 e. The predicted octanol–water partition coefficient (Wildman–Crippen LogP) is 3.77. The summed E-state index contributed by atoms with van der Waals surface area (Å²) in [5.41, 5.74) is -1.48. The summed E-state index contributed by atoms with van der Waals surface area (Å²) in [4.78, 5) is 12.1.